The molecule has 0 fully saturated rings. The van der Waals surface area contributed by atoms with Crippen molar-refractivity contribution < 1.29 is 23.8 Å². The maximum absolute atomic E-state index is 10.9. The normalized spacial score (nSPS) is 14.3. The average Bonchev–Trinajstić information content (AvgIpc) is 3.39. The van der Waals surface area contributed by atoms with E-state index >= 15 is 0 Å². The zero-order chi connectivity index (χ0) is 27.9. The van der Waals surface area contributed by atoms with E-state index in [9.17, 15) is 9.90 Å². The Morgan fingerprint density at radius 3 is 2.11 bits per heavy atom. The summed E-state index contributed by atoms with van der Waals surface area (Å²) in [5.41, 5.74) is 12.0. The number of rotatable bonds is 16. The molecule has 0 saturated heterocycles. The third-order valence-electron chi connectivity index (χ3n) is 5.84. The first-order valence-electron chi connectivity index (χ1n) is 13.9. The van der Waals surface area contributed by atoms with Gasteiger partial charge in [0.15, 0.2) is 0 Å². The number of carbonyl (C=O) groups is 1. The number of hydrogen-bond donors (Lipinski definition) is 4. The molecule has 1 aliphatic rings. The van der Waals surface area contributed by atoms with Gasteiger partial charge in [0.25, 0.3) is 5.95 Å². The molecule has 1 aliphatic heterocycles. The minimum Gasteiger partial charge on any atom is -0.501 e. The molecule has 0 spiro atoms. The Bertz CT molecular complexity index is 768. The van der Waals surface area contributed by atoms with Crippen molar-refractivity contribution in [1.29, 1.82) is 0 Å². The number of furan rings is 1. The van der Waals surface area contributed by atoms with E-state index in [1.165, 1.54) is 51.2 Å². The molecule has 0 aliphatic carbocycles. The molecule has 0 saturated carbocycles. The third kappa shape index (κ3) is 17.7. The number of aromatic hydroxyl groups is 1. The first kappa shape index (κ1) is 34.7. The molecule has 8 nitrogen and oxygen atoms in total. The lowest BCUT2D eigenvalue weighted by Gasteiger charge is -2.09. The van der Waals surface area contributed by atoms with Gasteiger partial charge in [0.05, 0.1) is 18.4 Å². The number of unbranched alkanes of at least 4 members (excludes halogenated alkanes) is 7. The number of esters is 1. The highest BCUT2D eigenvalue weighted by atomic mass is 16.5. The molecule has 0 amide bonds. The van der Waals surface area contributed by atoms with Crippen LogP contribution in [0.15, 0.2) is 34.2 Å². The smallest absolute Gasteiger partial charge is 0.346 e. The Morgan fingerprint density at radius 2 is 1.62 bits per heavy atom. The van der Waals surface area contributed by atoms with Crippen LogP contribution in [0.5, 0.6) is 5.95 Å². The van der Waals surface area contributed by atoms with Crippen molar-refractivity contribution >= 4 is 5.97 Å². The summed E-state index contributed by atoms with van der Waals surface area (Å²) in [5.74, 6) is 1.56. The van der Waals surface area contributed by atoms with E-state index in [-0.39, 0.29) is 11.9 Å². The number of nitrogens with two attached hydrogens (primary N) is 2. The van der Waals surface area contributed by atoms with Crippen LogP contribution in [0.3, 0.4) is 0 Å². The van der Waals surface area contributed by atoms with Crippen molar-refractivity contribution in [3.05, 3.63) is 41.1 Å². The Morgan fingerprint density at radius 1 is 1.03 bits per heavy atom. The van der Waals surface area contributed by atoms with E-state index < -0.39 is 0 Å². The predicted octanol–water partition coefficient (Wildman–Crippen LogP) is 5.79. The summed E-state index contributed by atoms with van der Waals surface area (Å²) in [6, 6.07) is 1.95. The van der Waals surface area contributed by atoms with Crippen LogP contribution in [0, 0.1) is 6.92 Å². The SMILES string of the molecule is CCO/C=C1\C=C(C)OC1=O.CNCCCCCCCC(C)c1cc(C)oc1O.NCCCCCCN. The zero-order valence-electron chi connectivity index (χ0n) is 23.9. The lowest BCUT2D eigenvalue weighted by molar-refractivity contribution is -0.133. The lowest BCUT2D eigenvalue weighted by Crippen LogP contribution is -2.06. The molecule has 0 aromatic carbocycles. The van der Waals surface area contributed by atoms with E-state index in [4.69, 9.17) is 25.4 Å². The minimum absolute atomic E-state index is 0.106. The molecule has 0 radical (unpaired) electrons. The van der Waals surface area contributed by atoms with Crippen LogP contribution in [0.4, 0.5) is 0 Å². The third-order valence-corrected chi connectivity index (χ3v) is 5.84. The van der Waals surface area contributed by atoms with Crippen molar-refractivity contribution in [2.45, 2.75) is 97.8 Å². The molecule has 214 valence electrons. The molecular formula is C29H53N3O5. The highest BCUT2D eigenvalue weighted by Gasteiger charge is 2.17. The Labute approximate surface area is 224 Å². The lowest BCUT2D eigenvalue weighted by atomic mass is 9.96. The molecule has 2 heterocycles. The quantitative estimate of drug-likeness (QED) is 0.0926. The van der Waals surface area contributed by atoms with Gasteiger partial charge < -0.3 is 35.8 Å². The number of ether oxygens (including phenoxy) is 2. The molecule has 1 aromatic rings. The van der Waals surface area contributed by atoms with E-state index in [2.05, 4.69) is 12.2 Å². The van der Waals surface area contributed by atoms with Gasteiger partial charge in [-0.1, -0.05) is 45.4 Å². The molecule has 6 N–H and O–H groups in total. The maximum Gasteiger partial charge on any atom is 0.346 e. The Hall–Kier alpha value is -2.29. The molecule has 37 heavy (non-hydrogen) atoms. The zero-order valence-corrected chi connectivity index (χ0v) is 23.9. The van der Waals surface area contributed by atoms with Gasteiger partial charge in [-0.25, -0.2) is 4.79 Å². The predicted molar refractivity (Wildman–Crippen MR) is 151 cm³/mol. The molecule has 0 bridgehead atoms. The van der Waals surface area contributed by atoms with E-state index in [1.807, 2.05) is 27.0 Å². The fourth-order valence-corrected chi connectivity index (χ4v) is 3.72. The number of nitrogens with one attached hydrogen (secondary N) is 1. The molecular weight excluding hydrogens is 470 g/mol. The first-order chi connectivity index (χ1) is 17.8. The standard InChI is InChI=1S/C15H27NO2.C8H10O3.C6H16N2/c1-12(14-11-13(2)18-15(14)17)9-7-5-4-6-8-10-16-3;1-3-10-5-7-4-6(2)11-8(7)9;7-5-3-1-2-4-6-8/h11-12,16-17H,4-10H2,1-3H3;4-5H,3H2,1-2H3;1-8H2/b;7-5+;. The van der Waals surface area contributed by atoms with Crippen molar-refractivity contribution in [2.75, 3.05) is 33.3 Å². The first-order valence-corrected chi connectivity index (χ1v) is 13.9. The largest absolute Gasteiger partial charge is 0.501 e. The molecule has 1 aromatic heterocycles. The summed E-state index contributed by atoms with van der Waals surface area (Å²) < 4.78 is 14.8. The van der Waals surface area contributed by atoms with E-state index in [1.54, 1.807) is 13.0 Å². The fourth-order valence-electron chi connectivity index (χ4n) is 3.72. The van der Waals surface area contributed by atoms with Crippen LogP contribution in [-0.4, -0.2) is 44.4 Å². The topological polar surface area (TPSA) is 133 Å². The molecule has 1 unspecified atom stereocenters. The van der Waals surface area contributed by atoms with Crippen LogP contribution in [0.2, 0.25) is 0 Å². The van der Waals surface area contributed by atoms with E-state index in [0.717, 1.165) is 50.2 Å². The Kier molecular flexibility index (Phi) is 21.5. The molecule has 2 rings (SSSR count). The van der Waals surface area contributed by atoms with Gasteiger partial charge in [0.1, 0.15) is 11.5 Å². The highest BCUT2D eigenvalue weighted by Crippen LogP contribution is 2.32. The second-order valence-corrected chi connectivity index (χ2v) is 9.34. The van der Waals surface area contributed by atoms with Gasteiger partial charge in [-0.15, -0.1) is 0 Å². The number of cyclic esters (lactones) is 1. The van der Waals surface area contributed by atoms with Gasteiger partial charge in [-0.2, -0.15) is 0 Å². The van der Waals surface area contributed by atoms with Gasteiger partial charge in [-0.05, 0) is 91.2 Å². The number of aryl methyl sites for hydroxylation is 1. The summed E-state index contributed by atoms with van der Waals surface area (Å²) in [6.45, 7) is 10.9. The monoisotopic (exact) mass is 523 g/mol. The fraction of sp³-hybridized carbons (Fsp3) is 0.690. The molecule has 1 atom stereocenters. The van der Waals surface area contributed by atoms with Gasteiger partial charge in [-0.3, -0.25) is 0 Å². The van der Waals surface area contributed by atoms with Gasteiger partial charge in [0, 0.05) is 5.56 Å². The van der Waals surface area contributed by atoms with Crippen molar-refractivity contribution in [3.8, 4) is 5.95 Å². The van der Waals surface area contributed by atoms with Crippen LogP contribution >= 0.6 is 0 Å². The minimum atomic E-state index is -0.337. The second kappa shape index (κ2) is 22.9. The van der Waals surface area contributed by atoms with Crippen LogP contribution < -0.4 is 16.8 Å². The van der Waals surface area contributed by atoms with Gasteiger partial charge in [0.2, 0.25) is 0 Å². The summed E-state index contributed by atoms with van der Waals surface area (Å²) >= 11 is 0. The van der Waals surface area contributed by atoms with Crippen LogP contribution in [0.25, 0.3) is 0 Å². The summed E-state index contributed by atoms with van der Waals surface area (Å²) in [4.78, 5) is 10.9. The maximum atomic E-state index is 10.9. The highest BCUT2D eigenvalue weighted by molar-refractivity contribution is 5.94. The summed E-state index contributed by atoms with van der Waals surface area (Å²) in [5, 5.41) is 12.8. The number of carbonyl (C=O) groups excluding carboxylic acids is 1. The van der Waals surface area contributed by atoms with Gasteiger partial charge >= 0.3 is 5.97 Å². The van der Waals surface area contributed by atoms with Crippen LogP contribution in [0.1, 0.15) is 102 Å². The van der Waals surface area contributed by atoms with Crippen molar-refractivity contribution in [2.24, 2.45) is 11.5 Å². The molecule has 8 heteroatoms. The van der Waals surface area contributed by atoms with Crippen molar-refractivity contribution in [3.63, 3.8) is 0 Å². The van der Waals surface area contributed by atoms with Crippen molar-refractivity contribution in [1.82, 2.24) is 5.32 Å². The Balaban J connectivity index is 0.000000580. The van der Waals surface area contributed by atoms with Crippen LogP contribution in [-0.2, 0) is 14.3 Å². The number of hydrogen-bond acceptors (Lipinski definition) is 8. The number of allylic oxidation sites excluding steroid dienone is 1. The average molecular weight is 524 g/mol. The summed E-state index contributed by atoms with van der Waals surface area (Å²) in [7, 11) is 2.00. The second-order valence-electron chi connectivity index (χ2n) is 9.34. The summed E-state index contributed by atoms with van der Waals surface area (Å²) in [6.07, 6.45) is 15.4. The van der Waals surface area contributed by atoms with E-state index in [0.29, 0.717) is 23.9 Å².